The van der Waals surface area contributed by atoms with Crippen LogP contribution in [0.15, 0.2) is 47.6 Å². The van der Waals surface area contributed by atoms with E-state index in [1.807, 2.05) is 42.5 Å². The summed E-state index contributed by atoms with van der Waals surface area (Å²) < 4.78 is 4.78. The van der Waals surface area contributed by atoms with E-state index in [9.17, 15) is 20.1 Å². The van der Waals surface area contributed by atoms with E-state index in [1.165, 1.54) is 7.11 Å². The second-order valence-electron chi connectivity index (χ2n) is 5.86. The maximum absolute atomic E-state index is 11.8. The Bertz CT molecular complexity index is 562. The molecule has 0 saturated heterocycles. The van der Waals surface area contributed by atoms with Crippen molar-refractivity contribution >= 4 is 12.0 Å². The summed E-state index contributed by atoms with van der Waals surface area (Å²) in [5.74, 6) is -0.426. The summed E-state index contributed by atoms with van der Waals surface area (Å²) in [4.78, 5) is 11.8. The molecule has 0 aliphatic heterocycles. The zero-order valence-corrected chi connectivity index (χ0v) is 14.2. The van der Waals surface area contributed by atoms with Gasteiger partial charge in [0.15, 0.2) is 0 Å². The van der Waals surface area contributed by atoms with E-state index < -0.39 is 11.4 Å². The Hall–Kier alpha value is -1.95. The Labute approximate surface area is 142 Å². The Morgan fingerprint density at radius 3 is 2.21 bits per heavy atom. The topological polar surface area (TPSA) is 87.0 Å². The van der Waals surface area contributed by atoms with Crippen LogP contribution < -0.4 is 0 Å². The summed E-state index contributed by atoms with van der Waals surface area (Å²) in [5, 5.41) is 28.3. The summed E-state index contributed by atoms with van der Waals surface area (Å²) >= 11 is 0. The SMILES string of the molecule is COC(=O)C(C)=C(C=Cc1ccccc1)CCC(CO)(CO)CO. The fourth-order valence-electron chi connectivity index (χ4n) is 2.23. The second-order valence-corrected chi connectivity index (χ2v) is 5.86. The van der Waals surface area contributed by atoms with Gasteiger partial charge < -0.3 is 20.1 Å². The number of aliphatic hydroxyl groups is 3. The van der Waals surface area contributed by atoms with Crippen LogP contribution in [0, 0.1) is 5.41 Å². The van der Waals surface area contributed by atoms with Crippen molar-refractivity contribution in [1.29, 1.82) is 0 Å². The second kappa shape index (κ2) is 10.0. The monoisotopic (exact) mass is 334 g/mol. The standard InChI is InChI=1S/C19H26O5/c1-15(18(23)24-2)17(9-8-16-6-4-3-5-7-16)10-11-19(12-20,13-21)14-22/h3-9,20-22H,10-14H2,1-2H3. The van der Waals surface area contributed by atoms with Crippen LogP contribution in [-0.2, 0) is 9.53 Å². The van der Waals surface area contributed by atoms with E-state index >= 15 is 0 Å². The number of esters is 1. The first-order valence-electron chi connectivity index (χ1n) is 7.85. The van der Waals surface area contributed by atoms with Crippen molar-refractivity contribution in [2.75, 3.05) is 26.9 Å². The molecule has 0 aromatic heterocycles. The Morgan fingerprint density at radius 2 is 1.71 bits per heavy atom. The molecular weight excluding hydrogens is 308 g/mol. The molecule has 0 radical (unpaired) electrons. The molecule has 0 heterocycles. The largest absolute Gasteiger partial charge is 0.466 e. The van der Waals surface area contributed by atoms with Gasteiger partial charge >= 0.3 is 5.97 Å². The van der Waals surface area contributed by atoms with Gasteiger partial charge in [0.05, 0.1) is 26.9 Å². The molecule has 0 fully saturated rings. The van der Waals surface area contributed by atoms with E-state index in [2.05, 4.69) is 0 Å². The number of rotatable bonds is 9. The lowest BCUT2D eigenvalue weighted by Crippen LogP contribution is -2.34. The molecule has 0 atom stereocenters. The van der Waals surface area contributed by atoms with Crippen molar-refractivity contribution < 1.29 is 24.9 Å². The van der Waals surface area contributed by atoms with Crippen LogP contribution in [0.4, 0.5) is 0 Å². The predicted molar refractivity (Wildman–Crippen MR) is 93.1 cm³/mol. The van der Waals surface area contributed by atoms with E-state index in [0.29, 0.717) is 18.4 Å². The molecule has 0 bridgehead atoms. The highest BCUT2D eigenvalue weighted by Gasteiger charge is 2.28. The number of methoxy groups -OCH3 is 1. The van der Waals surface area contributed by atoms with E-state index in [0.717, 1.165) is 11.1 Å². The number of carbonyl (C=O) groups is 1. The fraction of sp³-hybridized carbons (Fsp3) is 0.421. The Kier molecular flexibility index (Phi) is 8.40. The first-order chi connectivity index (χ1) is 11.5. The van der Waals surface area contributed by atoms with Crippen LogP contribution in [0.3, 0.4) is 0 Å². The molecule has 0 aliphatic rings. The molecule has 24 heavy (non-hydrogen) atoms. The van der Waals surface area contributed by atoms with Gasteiger partial charge in [-0.3, -0.25) is 0 Å². The van der Waals surface area contributed by atoms with Crippen LogP contribution in [0.2, 0.25) is 0 Å². The first kappa shape index (κ1) is 20.1. The minimum absolute atomic E-state index is 0.326. The minimum Gasteiger partial charge on any atom is -0.466 e. The van der Waals surface area contributed by atoms with E-state index in [4.69, 9.17) is 4.74 Å². The van der Waals surface area contributed by atoms with Gasteiger partial charge in [0, 0.05) is 11.0 Å². The third kappa shape index (κ3) is 5.60. The summed E-state index contributed by atoms with van der Waals surface area (Å²) in [7, 11) is 1.32. The number of hydrogen-bond acceptors (Lipinski definition) is 5. The molecule has 1 rings (SSSR count). The molecule has 3 N–H and O–H groups in total. The van der Waals surface area contributed by atoms with E-state index in [-0.39, 0.29) is 19.8 Å². The van der Waals surface area contributed by atoms with Gasteiger partial charge in [0.1, 0.15) is 0 Å². The minimum atomic E-state index is -0.970. The summed E-state index contributed by atoms with van der Waals surface area (Å²) in [5.41, 5.74) is 1.23. The number of allylic oxidation sites excluding steroid dienone is 2. The number of carbonyl (C=O) groups excluding carboxylic acids is 1. The Morgan fingerprint density at radius 1 is 1.12 bits per heavy atom. The van der Waals surface area contributed by atoms with Crippen LogP contribution in [0.5, 0.6) is 0 Å². The zero-order chi connectivity index (χ0) is 18.0. The van der Waals surface area contributed by atoms with Gasteiger partial charge in [0.2, 0.25) is 0 Å². The summed E-state index contributed by atoms with van der Waals surface area (Å²) in [6, 6.07) is 9.66. The van der Waals surface area contributed by atoms with Crippen molar-refractivity contribution in [3.8, 4) is 0 Å². The van der Waals surface area contributed by atoms with Crippen LogP contribution in [-0.4, -0.2) is 48.2 Å². The molecule has 5 heteroatoms. The van der Waals surface area contributed by atoms with Crippen molar-refractivity contribution in [3.63, 3.8) is 0 Å². The quantitative estimate of drug-likeness (QED) is 0.365. The molecule has 1 aromatic rings. The average molecular weight is 334 g/mol. The molecule has 0 aliphatic carbocycles. The molecule has 5 nitrogen and oxygen atoms in total. The molecule has 0 spiro atoms. The number of aliphatic hydroxyl groups excluding tert-OH is 3. The van der Waals surface area contributed by atoms with Gasteiger partial charge in [-0.05, 0) is 30.9 Å². The van der Waals surface area contributed by atoms with Gasteiger partial charge in [-0.1, -0.05) is 42.5 Å². The third-order valence-electron chi connectivity index (χ3n) is 4.18. The highest BCUT2D eigenvalue weighted by atomic mass is 16.5. The number of ether oxygens (including phenoxy) is 1. The van der Waals surface area contributed by atoms with Crippen LogP contribution >= 0.6 is 0 Å². The lowest BCUT2D eigenvalue weighted by molar-refractivity contribution is -0.136. The average Bonchev–Trinajstić information content (AvgIpc) is 2.65. The summed E-state index contributed by atoms with van der Waals surface area (Å²) in [6.07, 6.45) is 4.49. The highest BCUT2D eigenvalue weighted by Crippen LogP contribution is 2.27. The van der Waals surface area contributed by atoms with Gasteiger partial charge in [-0.15, -0.1) is 0 Å². The molecule has 132 valence electrons. The van der Waals surface area contributed by atoms with Crippen LogP contribution in [0.25, 0.3) is 6.08 Å². The lowest BCUT2D eigenvalue weighted by atomic mass is 9.83. The van der Waals surface area contributed by atoms with Crippen LogP contribution in [0.1, 0.15) is 25.3 Å². The highest BCUT2D eigenvalue weighted by molar-refractivity contribution is 5.89. The molecule has 1 aromatic carbocycles. The summed E-state index contributed by atoms with van der Waals surface area (Å²) in [6.45, 7) is 0.696. The maximum atomic E-state index is 11.8. The normalized spacial score (nSPS) is 13.0. The van der Waals surface area contributed by atoms with Crippen molar-refractivity contribution in [3.05, 3.63) is 53.1 Å². The van der Waals surface area contributed by atoms with Crippen molar-refractivity contribution in [2.24, 2.45) is 5.41 Å². The van der Waals surface area contributed by atoms with E-state index in [1.54, 1.807) is 6.92 Å². The van der Waals surface area contributed by atoms with Gasteiger partial charge in [-0.25, -0.2) is 4.79 Å². The van der Waals surface area contributed by atoms with Gasteiger partial charge in [0.25, 0.3) is 0 Å². The molecule has 0 unspecified atom stereocenters. The van der Waals surface area contributed by atoms with Crippen molar-refractivity contribution in [2.45, 2.75) is 19.8 Å². The molecular formula is C19H26O5. The smallest absolute Gasteiger partial charge is 0.333 e. The zero-order valence-electron chi connectivity index (χ0n) is 14.2. The molecule has 0 amide bonds. The van der Waals surface area contributed by atoms with Crippen molar-refractivity contribution in [1.82, 2.24) is 0 Å². The lowest BCUT2D eigenvalue weighted by Gasteiger charge is -2.27. The van der Waals surface area contributed by atoms with Gasteiger partial charge in [-0.2, -0.15) is 0 Å². The molecule has 0 saturated carbocycles. The number of benzene rings is 1. The first-order valence-corrected chi connectivity index (χ1v) is 7.85. The third-order valence-corrected chi connectivity index (χ3v) is 4.18. The fourth-order valence-corrected chi connectivity index (χ4v) is 2.23. The predicted octanol–water partition coefficient (Wildman–Crippen LogP) is 1.93. The maximum Gasteiger partial charge on any atom is 0.333 e. The Balaban J connectivity index is 3.03. The number of hydrogen-bond donors (Lipinski definition) is 3.